The van der Waals surface area contributed by atoms with E-state index in [2.05, 4.69) is 16.0 Å². The minimum atomic E-state index is -0.486. The second kappa shape index (κ2) is 9.53. The number of imide groups is 1. The van der Waals surface area contributed by atoms with Gasteiger partial charge in [0.25, 0.3) is 0 Å². The van der Waals surface area contributed by atoms with Crippen molar-refractivity contribution in [3.05, 3.63) is 34.9 Å². The van der Waals surface area contributed by atoms with Crippen molar-refractivity contribution in [2.24, 2.45) is 5.92 Å². The lowest BCUT2D eigenvalue weighted by molar-refractivity contribution is -0.121. The van der Waals surface area contributed by atoms with Gasteiger partial charge in [0.1, 0.15) is 0 Å². The highest BCUT2D eigenvalue weighted by molar-refractivity contribution is 6.30. The Labute approximate surface area is 143 Å². The van der Waals surface area contributed by atoms with Gasteiger partial charge in [-0.2, -0.15) is 0 Å². The van der Waals surface area contributed by atoms with Crippen LogP contribution in [-0.4, -0.2) is 24.5 Å². The molecule has 2 unspecified atom stereocenters. The van der Waals surface area contributed by atoms with E-state index in [1.165, 1.54) is 0 Å². The predicted molar refractivity (Wildman–Crippen MR) is 93.5 cm³/mol. The monoisotopic (exact) mass is 339 g/mol. The van der Waals surface area contributed by atoms with Crippen molar-refractivity contribution in [1.29, 1.82) is 0 Å². The number of hydrogen-bond donors (Lipinski definition) is 3. The molecule has 0 saturated heterocycles. The maximum absolute atomic E-state index is 12.1. The fourth-order valence-corrected chi connectivity index (χ4v) is 2.21. The van der Waals surface area contributed by atoms with Crippen LogP contribution >= 0.6 is 11.6 Å². The molecule has 0 saturated carbocycles. The van der Waals surface area contributed by atoms with Crippen LogP contribution in [0.25, 0.3) is 0 Å². The van der Waals surface area contributed by atoms with E-state index in [1.54, 1.807) is 6.92 Å². The van der Waals surface area contributed by atoms with E-state index in [0.717, 1.165) is 12.0 Å². The van der Waals surface area contributed by atoms with Crippen LogP contribution in [-0.2, 0) is 4.79 Å². The zero-order valence-electron chi connectivity index (χ0n) is 14.2. The number of amides is 3. The molecule has 5 nitrogen and oxygen atoms in total. The second-order valence-corrected chi connectivity index (χ2v) is 6.43. The van der Waals surface area contributed by atoms with Crippen molar-refractivity contribution in [1.82, 2.24) is 16.0 Å². The molecule has 0 spiro atoms. The molecule has 0 aliphatic rings. The lowest BCUT2D eigenvalue weighted by Gasteiger charge is -2.22. The van der Waals surface area contributed by atoms with Gasteiger partial charge in [-0.05, 0) is 37.0 Å². The van der Waals surface area contributed by atoms with Crippen LogP contribution < -0.4 is 16.0 Å². The number of benzene rings is 1. The first kappa shape index (κ1) is 19.5. The van der Waals surface area contributed by atoms with E-state index in [9.17, 15) is 9.59 Å². The van der Waals surface area contributed by atoms with Crippen molar-refractivity contribution in [3.8, 4) is 0 Å². The summed E-state index contributed by atoms with van der Waals surface area (Å²) in [6.45, 7) is 8.29. The van der Waals surface area contributed by atoms with Gasteiger partial charge in [0, 0.05) is 17.6 Å². The number of carbonyl (C=O) groups is 2. The Morgan fingerprint density at radius 1 is 1.13 bits per heavy atom. The number of urea groups is 1. The van der Waals surface area contributed by atoms with E-state index < -0.39 is 12.1 Å². The number of halogens is 1. The summed E-state index contributed by atoms with van der Waals surface area (Å²) >= 11 is 5.90. The summed E-state index contributed by atoms with van der Waals surface area (Å²) in [7, 11) is 0. The quantitative estimate of drug-likeness (QED) is 0.714. The van der Waals surface area contributed by atoms with Crippen molar-refractivity contribution in [2.75, 3.05) is 6.54 Å². The molecule has 1 rings (SSSR count). The van der Waals surface area contributed by atoms with Gasteiger partial charge in [0.15, 0.2) is 0 Å². The Bertz CT molecular complexity index is 517. The molecule has 0 heterocycles. The van der Waals surface area contributed by atoms with Gasteiger partial charge in [0.05, 0.1) is 6.04 Å². The molecule has 3 amide bonds. The van der Waals surface area contributed by atoms with Gasteiger partial charge in [-0.1, -0.05) is 44.5 Å². The highest BCUT2D eigenvalue weighted by Gasteiger charge is 2.19. The van der Waals surface area contributed by atoms with Crippen molar-refractivity contribution >= 4 is 23.5 Å². The molecule has 1 aromatic carbocycles. The maximum atomic E-state index is 12.1. The maximum Gasteiger partial charge on any atom is 0.321 e. The molecule has 6 heteroatoms. The molecule has 0 aromatic heterocycles. The highest BCUT2D eigenvalue weighted by Crippen LogP contribution is 2.19. The Balaban J connectivity index is 2.55. The third-order valence-corrected chi connectivity index (χ3v) is 3.68. The van der Waals surface area contributed by atoms with Crippen LogP contribution in [0.1, 0.15) is 45.7 Å². The van der Waals surface area contributed by atoms with Crippen LogP contribution in [0.5, 0.6) is 0 Å². The molecule has 0 aliphatic carbocycles. The average molecular weight is 340 g/mol. The number of nitrogens with one attached hydrogen (secondary N) is 3. The fraction of sp³-hybridized carbons (Fsp3) is 0.529. The Hall–Kier alpha value is -1.59. The van der Waals surface area contributed by atoms with Gasteiger partial charge in [-0.25, -0.2) is 4.79 Å². The summed E-state index contributed by atoms with van der Waals surface area (Å²) in [4.78, 5) is 23.7. The molecular weight excluding hydrogens is 314 g/mol. The minimum absolute atomic E-state index is 0.0201. The Morgan fingerprint density at radius 2 is 1.74 bits per heavy atom. The van der Waals surface area contributed by atoms with Gasteiger partial charge >= 0.3 is 6.03 Å². The molecule has 2 atom stereocenters. The topological polar surface area (TPSA) is 70.2 Å². The number of hydrogen-bond acceptors (Lipinski definition) is 3. The third-order valence-electron chi connectivity index (χ3n) is 3.43. The molecule has 0 aliphatic heterocycles. The van der Waals surface area contributed by atoms with E-state index in [1.807, 2.05) is 45.0 Å². The molecule has 23 heavy (non-hydrogen) atoms. The summed E-state index contributed by atoms with van der Waals surface area (Å²) in [6.07, 6.45) is 0.818. The van der Waals surface area contributed by atoms with Crippen molar-refractivity contribution < 1.29 is 9.59 Å². The molecule has 128 valence electrons. The van der Waals surface area contributed by atoms with E-state index in [4.69, 9.17) is 11.6 Å². The lowest BCUT2D eigenvalue weighted by Crippen LogP contribution is -2.49. The lowest BCUT2D eigenvalue weighted by atomic mass is 10.0. The smallest absolute Gasteiger partial charge is 0.321 e. The van der Waals surface area contributed by atoms with Gasteiger partial charge in [0.2, 0.25) is 5.91 Å². The van der Waals surface area contributed by atoms with Gasteiger partial charge in [-0.15, -0.1) is 0 Å². The van der Waals surface area contributed by atoms with Crippen molar-refractivity contribution in [2.45, 2.75) is 46.2 Å². The molecule has 1 aromatic rings. The van der Waals surface area contributed by atoms with Crippen LogP contribution in [0.4, 0.5) is 4.79 Å². The third kappa shape index (κ3) is 7.01. The summed E-state index contributed by atoms with van der Waals surface area (Å²) in [5, 5.41) is 8.93. The zero-order chi connectivity index (χ0) is 17.4. The molecule has 3 N–H and O–H groups in total. The number of rotatable bonds is 7. The van der Waals surface area contributed by atoms with Crippen LogP contribution in [0.15, 0.2) is 24.3 Å². The Kier molecular flexibility index (Phi) is 8.06. The van der Waals surface area contributed by atoms with E-state index >= 15 is 0 Å². The minimum Gasteiger partial charge on any atom is -0.338 e. The highest BCUT2D eigenvalue weighted by atomic mass is 35.5. The second-order valence-electron chi connectivity index (χ2n) is 5.99. The predicted octanol–water partition coefficient (Wildman–Crippen LogP) is 3.25. The summed E-state index contributed by atoms with van der Waals surface area (Å²) in [5.41, 5.74) is 1.06. The van der Waals surface area contributed by atoms with E-state index in [0.29, 0.717) is 17.5 Å². The first-order valence-corrected chi connectivity index (χ1v) is 8.31. The Morgan fingerprint density at radius 3 is 2.26 bits per heavy atom. The molecule has 0 bridgehead atoms. The van der Waals surface area contributed by atoms with Gasteiger partial charge < -0.3 is 5.32 Å². The molecule has 0 fully saturated rings. The first-order chi connectivity index (χ1) is 10.8. The van der Waals surface area contributed by atoms with Crippen LogP contribution in [0, 0.1) is 5.92 Å². The molecular formula is C17H26ClN3O2. The SMILES string of the molecule is CCC(NC(C)C(=O)NC(=O)NCC(C)C)c1ccc(Cl)cc1. The average Bonchev–Trinajstić information content (AvgIpc) is 2.51. The first-order valence-electron chi connectivity index (χ1n) is 7.93. The van der Waals surface area contributed by atoms with Crippen LogP contribution in [0.3, 0.4) is 0 Å². The standard InChI is InChI=1S/C17H26ClN3O2/c1-5-15(13-6-8-14(18)9-7-13)20-12(4)16(22)21-17(23)19-10-11(2)3/h6-9,11-12,15,20H,5,10H2,1-4H3,(H2,19,21,22,23). The molecule has 0 radical (unpaired) electrons. The van der Waals surface area contributed by atoms with Gasteiger partial charge in [-0.3, -0.25) is 15.4 Å². The largest absolute Gasteiger partial charge is 0.338 e. The summed E-state index contributed by atoms with van der Waals surface area (Å²) in [5.74, 6) is -0.0144. The van der Waals surface area contributed by atoms with Crippen LogP contribution in [0.2, 0.25) is 5.02 Å². The van der Waals surface area contributed by atoms with E-state index in [-0.39, 0.29) is 11.9 Å². The summed E-state index contributed by atoms with van der Waals surface area (Å²) in [6, 6.07) is 6.59. The zero-order valence-corrected chi connectivity index (χ0v) is 14.9. The number of carbonyl (C=O) groups excluding carboxylic acids is 2. The summed E-state index contributed by atoms with van der Waals surface area (Å²) < 4.78 is 0. The normalized spacial score (nSPS) is 13.5. The fourth-order valence-electron chi connectivity index (χ4n) is 2.08. The van der Waals surface area contributed by atoms with Crippen molar-refractivity contribution in [3.63, 3.8) is 0 Å².